The minimum absolute atomic E-state index is 0.103. The summed E-state index contributed by atoms with van der Waals surface area (Å²) in [6.45, 7) is 4.33. The Hall–Kier alpha value is -1.42. The van der Waals surface area contributed by atoms with E-state index in [0.29, 0.717) is 11.6 Å². The van der Waals surface area contributed by atoms with Gasteiger partial charge in [-0.25, -0.2) is 4.39 Å². The molecule has 0 radical (unpaired) electrons. The third-order valence-corrected chi connectivity index (χ3v) is 4.20. The Morgan fingerprint density at radius 2 is 2.16 bits per heavy atom. The lowest BCUT2D eigenvalue weighted by Crippen LogP contribution is -2.53. The number of benzene rings is 1. The van der Waals surface area contributed by atoms with Crippen LogP contribution in [0.2, 0.25) is 0 Å². The second-order valence-electron chi connectivity index (χ2n) is 5.67. The topological polar surface area (TPSA) is 32.3 Å². The highest BCUT2D eigenvalue weighted by atomic mass is 19.1. The quantitative estimate of drug-likeness (QED) is 0.879. The molecule has 0 aromatic heterocycles. The molecular weight excluding hydrogens is 243 g/mol. The molecular formula is C15H19FN2O. The van der Waals surface area contributed by atoms with E-state index < -0.39 is 5.41 Å². The summed E-state index contributed by atoms with van der Waals surface area (Å²) in [5, 5.41) is 3.32. The molecule has 1 aliphatic heterocycles. The van der Waals surface area contributed by atoms with Gasteiger partial charge in [0.05, 0.1) is 5.41 Å². The molecule has 1 unspecified atom stereocenters. The van der Waals surface area contributed by atoms with Gasteiger partial charge in [-0.1, -0.05) is 18.2 Å². The van der Waals surface area contributed by atoms with Crippen molar-refractivity contribution in [2.75, 3.05) is 19.6 Å². The highest BCUT2D eigenvalue weighted by Crippen LogP contribution is 2.50. The van der Waals surface area contributed by atoms with Crippen LogP contribution in [-0.2, 0) is 10.2 Å². The maximum Gasteiger partial charge on any atom is 0.233 e. The number of hydrogen-bond donors (Lipinski definition) is 1. The van der Waals surface area contributed by atoms with Crippen molar-refractivity contribution < 1.29 is 9.18 Å². The van der Waals surface area contributed by atoms with Gasteiger partial charge >= 0.3 is 0 Å². The van der Waals surface area contributed by atoms with Gasteiger partial charge < -0.3 is 10.2 Å². The average molecular weight is 262 g/mol. The number of carbonyl (C=O) groups excluding carboxylic acids is 1. The van der Waals surface area contributed by atoms with Gasteiger partial charge in [-0.3, -0.25) is 4.79 Å². The van der Waals surface area contributed by atoms with Gasteiger partial charge in [0.2, 0.25) is 5.91 Å². The summed E-state index contributed by atoms with van der Waals surface area (Å²) in [5.74, 6) is -0.150. The van der Waals surface area contributed by atoms with Crippen LogP contribution in [0.1, 0.15) is 25.3 Å². The number of amides is 1. The van der Waals surface area contributed by atoms with Crippen LogP contribution in [0.4, 0.5) is 4.39 Å². The van der Waals surface area contributed by atoms with Crippen LogP contribution in [0.3, 0.4) is 0 Å². The normalized spacial score (nSPS) is 25.2. The second-order valence-corrected chi connectivity index (χ2v) is 5.67. The highest BCUT2D eigenvalue weighted by Gasteiger charge is 2.54. The van der Waals surface area contributed by atoms with E-state index >= 15 is 0 Å². The Kier molecular flexibility index (Phi) is 3.05. The second kappa shape index (κ2) is 4.60. The monoisotopic (exact) mass is 262 g/mol. The van der Waals surface area contributed by atoms with E-state index in [2.05, 4.69) is 12.2 Å². The molecule has 3 rings (SSSR count). The Morgan fingerprint density at radius 1 is 1.42 bits per heavy atom. The van der Waals surface area contributed by atoms with Gasteiger partial charge in [0.25, 0.3) is 0 Å². The first kappa shape index (κ1) is 12.6. The van der Waals surface area contributed by atoms with Gasteiger partial charge in [-0.05, 0) is 25.8 Å². The van der Waals surface area contributed by atoms with E-state index in [4.69, 9.17) is 0 Å². The van der Waals surface area contributed by atoms with E-state index in [1.807, 2.05) is 11.0 Å². The fraction of sp³-hybridized carbons (Fsp3) is 0.533. The fourth-order valence-electron chi connectivity index (χ4n) is 2.99. The Bertz CT molecular complexity index is 499. The third-order valence-electron chi connectivity index (χ3n) is 4.20. The molecule has 1 N–H and O–H groups in total. The molecule has 1 aliphatic carbocycles. The number of rotatable bonds is 2. The van der Waals surface area contributed by atoms with Crippen molar-refractivity contribution in [3.8, 4) is 0 Å². The number of hydrogen-bond acceptors (Lipinski definition) is 2. The number of piperazine rings is 1. The smallest absolute Gasteiger partial charge is 0.233 e. The molecule has 2 fully saturated rings. The lowest BCUT2D eigenvalue weighted by molar-refractivity contribution is -0.135. The number of carbonyl (C=O) groups is 1. The summed E-state index contributed by atoms with van der Waals surface area (Å²) in [6, 6.07) is 7.00. The van der Waals surface area contributed by atoms with Crippen LogP contribution < -0.4 is 5.32 Å². The maximum absolute atomic E-state index is 13.9. The predicted molar refractivity (Wildman–Crippen MR) is 71.4 cm³/mol. The number of halogens is 1. The molecule has 1 saturated heterocycles. The first-order chi connectivity index (χ1) is 9.13. The molecule has 102 valence electrons. The van der Waals surface area contributed by atoms with E-state index in [1.165, 1.54) is 6.07 Å². The van der Waals surface area contributed by atoms with Crippen molar-refractivity contribution in [3.63, 3.8) is 0 Å². The lowest BCUT2D eigenvalue weighted by Gasteiger charge is -2.34. The molecule has 1 atom stereocenters. The van der Waals surface area contributed by atoms with Crippen LogP contribution in [0.25, 0.3) is 0 Å². The predicted octanol–water partition coefficient (Wildman–Crippen LogP) is 1.68. The van der Waals surface area contributed by atoms with Crippen molar-refractivity contribution in [1.82, 2.24) is 10.2 Å². The summed E-state index contributed by atoms with van der Waals surface area (Å²) in [6.07, 6.45) is 1.54. The van der Waals surface area contributed by atoms with Crippen molar-refractivity contribution in [3.05, 3.63) is 35.6 Å². The van der Waals surface area contributed by atoms with E-state index in [1.54, 1.807) is 12.1 Å². The SMILES string of the molecule is CC1CN(C(=O)C2(c3ccccc3F)CC2)CCN1. The zero-order valence-corrected chi connectivity index (χ0v) is 11.2. The number of nitrogens with zero attached hydrogens (tertiary/aromatic N) is 1. The van der Waals surface area contributed by atoms with Gasteiger partial charge in [0, 0.05) is 31.2 Å². The van der Waals surface area contributed by atoms with Crippen LogP contribution in [0.15, 0.2) is 24.3 Å². The minimum Gasteiger partial charge on any atom is -0.339 e. The Morgan fingerprint density at radius 3 is 2.79 bits per heavy atom. The highest BCUT2D eigenvalue weighted by molar-refractivity contribution is 5.91. The summed E-state index contributed by atoms with van der Waals surface area (Å²) in [5.41, 5.74) is -0.00578. The fourth-order valence-corrected chi connectivity index (χ4v) is 2.99. The molecule has 1 heterocycles. The van der Waals surface area contributed by atoms with E-state index in [9.17, 15) is 9.18 Å². The van der Waals surface area contributed by atoms with Crippen molar-refractivity contribution >= 4 is 5.91 Å². The summed E-state index contributed by atoms with van der Waals surface area (Å²) < 4.78 is 13.9. The molecule has 19 heavy (non-hydrogen) atoms. The summed E-state index contributed by atoms with van der Waals surface area (Å²) in [4.78, 5) is 14.6. The molecule has 3 nitrogen and oxygen atoms in total. The molecule has 2 aliphatic rings. The van der Waals surface area contributed by atoms with Crippen LogP contribution in [0, 0.1) is 5.82 Å². The molecule has 0 bridgehead atoms. The molecule has 4 heteroatoms. The van der Waals surface area contributed by atoms with E-state index in [0.717, 1.165) is 32.5 Å². The summed E-state index contributed by atoms with van der Waals surface area (Å²) in [7, 11) is 0. The van der Waals surface area contributed by atoms with Gasteiger partial charge in [0.15, 0.2) is 0 Å². The molecule has 1 amide bonds. The van der Waals surface area contributed by atoms with Gasteiger partial charge in [0.1, 0.15) is 5.82 Å². The Labute approximate surface area is 112 Å². The van der Waals surface area contributed by atoms with Crippen LogP contribution in [0.5, 0.6) is 0 Å². The van der Waals surface area contributed by atoms with Gasteiger partial charge in [-0.2, -0.15) is 0 Å². The van der Waals surface area contributed by atoms with Crippen molar-refractivity contribution in [2.45, 2.75) is 31.2 Å². The number of nitrogens with one attached hydrogen (secondary N) is 1. The summed E-state index contributed by atoms with van der Waals surface area (Å²) >= 11 is 0. The van der Waals surface area contributed by atoms with Crippen molar-refractivity contribution in [2.24, 2.45) is 0 Å². The van der Waals surface area contributed by atoms with Crippen LogP contribution in [-0.4, -0.2) is 36.5 Å². The minimum atomic E-state index is -0.581. The molecule has 1 aromatic carbocycles. The molecule has 1 saturated carbocycles. The average Bonchev–Trinajstić information content (AvgIpc) is 3.20. The largest absolute Gasteiger partial charge is 0.339 e. The van der Waals surface area contributed by atoms with Crippen molar-refractivity contribution in [1.29, 1.82) is 0 Å². The Balaban J connectivity index is 1.85. The molecule has 1 aromatic rings. The van der Waals surface area contributed by atoms with Gasteiger partial charge in [-0.15, -0.1) is 0 Å². The zero-order chi connectivity index (χ0) is 13.5. The first-order valence-corrected chi connectivity index (χ1v) is 6.91. The zero-order valence-electron chi connectivity index (χ0n) is 11.2. The van der Waals surface area contributed by atoms with E-state index in [-0.39, 0.29) is 11.7 Å². The standard InChI is InChI=1S/C15H19FN2O/c1-11-10-18(9-8-17-11)14(19)15(6-7-15)12-4-2-3-5-13(12)16/h2-5,11,17H,6-10H2,1H3. The van der Waals surface area contributed by atoms with Crippen LogP contribution >= 0.6 is 0 Å². The lowest BCUT2D eigenvalue weighted by atomic mass is 9.93. The first-order valence-electron chi connectivity index (χ1n) is 6.91. The third kappa shape index (κ3) is 2.14. The maximum atomic E-state index is 13.9. The molecule has 0 spiro atoms.